The summed E-state index contributed by atoms with van der Waals surface area (Å²) in [5.74, 6) is -1.59. The largest absolute Gasteiger partial charge is 0.480 e. The van der Waals surface area contributed by atoms with Crippen LogP contribution in [0.25, 0.3) is 0 Å². The Morgan fingerprint density at radius 2 is 1.75 bits per heavy atom. The Balaban J connectivity index is 2.46. The van der Waals surface area contributed by atoms with Crippen molar-refractivity contribution in [2.75, 3.05) is 6.54 Å². The zero-order chi connectivity index (χ0) is 18.1. The number of alkyl halides is 1. The number of carboxylic acids is 1. The van der Waals surface area contributed by atoms with E-state index in [1.54, 1.807) is 12.1 Å². The van der Waals surface area contributed by atoms with Crippen LogP contribution in [0, 0.1) is 5.92 Å². The maximum atomic E-state index is 11.9. The number of nitrogens with one attached hydrogen (secondary N) is 2. The molecule has 1 aromatic carbocycles. The van der Waals surface area contributed by atoms with Gasteiger partial charge in [0.05, 0.1) is 6.54 Å². The number of amides is 2. The molecule has 0 unspecified atom stereocenters. The molecule has 0 saturated carbocycles. The quantitative estimate of drug-likeness (QED) is 0.551. The third-order valence-electron chi connectivity index (χ3n) is 3.47. The van der Waals surface area contributed by atoms with Crippen LogP contribution in [0.15, 0.2) is 30.3 Å². The first-order valence-corrected chi connectivity index (χ1v) is 8.68. The second kappa shape index (κ2) is 10.1. The van der Waals surface area contributed by atoms with Crippen molar-refractivity contribution >= 4 is 33.7 Å². The van der Waals surface area contributed by atoms with E-state index in [0.29, 0.717) is 5.92 Å². The highest BCUT2D eigenvalue weighted by Gasteiger charge is 2.21. The maximum Gasteiger partial charge on any atom is 0.326 e. The summed E-state index contributed by atoms with van der Waals surface area (Å²) in [5.41, 5.74) is 0.813. The summed E-state index contributed by atoms with van der Waals surface area (Å²) in [6, 6.07) is 8.01. The molecule has 1 rings (SSSR count). The molecule has 0 radical (unpaired) electrons. The molecule has 6 nitrogen and oxygen atoms in total. The van der Waals surface area contributed by atoms with Gasteiger partial charge in [-0.15, -0.1) is 0 Å². The molecule has 0 bridgehead atoms. The van der Waals surface area contributed by atoms with Gasteiger partial charge in [0, 0.05) is 17.7 Å². The number of carbonyl (C=O) groups is 3. The van der Waals surface area contributed by atoms with Gasteiger partial charge < -0.3 is 15.7 Å². The topological polar surface area (TPSA) is 95.5 Å². The van der Waals surface area contributed by atoms with Gasteiger partial charge in [0.2, 0.25) is 11.8 Å². The predicted octanol–water partition coefficient (Wildman–Crippen LogP) is 1.72. The van der Waals surface area contributed by atoms with E-state index in [-0.39, 0.29) is 30.1 Å². The highest BCUT2D eigenvalue weighted by atomic mass is 79.9. The lowest BCUT2D eigenvalue weighted by Crippen LogP contribution is -2.46. The number of halogens is 1. The molecule has 0 spiro atoms. The van der Waals surface area contributed by atoms with E-state index in [9.17, 15) is 19.5 Å². The Bertz CT molecular complexity index is 563. The molecule has 7 heteroatoms. The first kappa shape index (κ1) is 20.2. The molecule has 2 atom stereocenters. The van der Waals surface area contributed by atoms with Crippen molar-refractivity contribution in [2.45, 2.75) is 37.6 Å². The van der Waals surface area contributed by atoms with E-state index in [2.05, 4.69) is 26.6 Å². The number of benzene rings is 1. The number of aliphatic carboxylic acids is 1. The van der Waals surface area contributed by atoms with Crippen molar-refractivity contribution in [3.63, 3.8) is 0 Å². The van der Waals surface area contributed by atoms with Gasteiger partial charge in [-0.3, -0.25) is 9.59 Å². The Kier molecular flexibility index (Phi) is 8.46. The molecule has 0 aromatic heterocycles. The number of hydrogen-bond donors (Lipinski definition) is 3. The Morgan fingerprint density at radius 3 is 2.29 bits per heavy atom. The second-order valence-corrected chi connectivity index (χ2v) is 7.07. The minimum atomic E-state index is -1.11. The smallest absolute Gasteiger partial charge is 0.326 e. The van der Waals surface area contributed by atoms with Crippen molar-refractivity contribution in [3.05, 3.63) is 35.9 Å². The van der Waals surface area contributed by atoms with Crippen LogP contribution in [0.3, 0.4) is 0 Å². The Hall–Kier alpha value is -1.89. The maximum absolute atomic E-state index is 11.9. The fourth-order valence-corrected chi connectivity index (χ4v) is 2.25. The lowest BCUT2D eigenvalue weighted by Gasteiger charge is -2.16. The van der Waals surface area contributed by atoms with Crippen LogP contribution in [0.5, 0.6) is 0 Å². The van der Waals surface area contributed by atoms with Gasteiger partial charge in [0.1, 0.15) is 6.04 Å². The fourth-order valence-electron chi connectivity index (χ4n) is 1.96. The lowest BCUT2D eigenvalue weighted by molar-refractivity contribution is -0.141. The van der Waals surface area contributed by atoms with Crippen LogP contribution in [-0.2, 0) is 20.8 Å². The van der Waals surface area contributed by atoms with Crippen molar-refractivity contribution < 1.29 is 19.5 Å². The van der Waals surface area contributed by atoms with E-state index < -0.39 is 17.9 Å². The molecular weight excluding hydrogens is 376 g/mol. The van der Waals surface area contributed by atoms with Crippen molar-refractivity contribution in [1.82, 2.24) is 10.6 Å². The molecule has 3 N–H and O–H groups in total. The zero-order valence-electron chi connectivity index (χ0n) is 13.8. The molecule has 1 aromatic rings. The molecule has 0 fully saturated rings. The minimum Gasteiger partial charge on any atom is -0.480 e. The number of hydrogen-bond acceptors (Lipinski definition) is 3. The van der Waals surface area contributed by atoms with Gasteiger partial charge in [-0.05, 0) is 11.5 Å². The Morgan fingerprint density at radius 1 is 1.12 bits per heavy atom. The third kappa shape index (κ3) is 7.59. The van der Waals surface area contributed by atoms with E-state index >= 15 is 0 Å². The van der Waals surface area contributed by atoms with Crippen LogP contribution in [0.2, 0.25) is 0 Å². The van der Waals surface area contributed by atoms with E-state index in [4.69, 9.17) is 0 Å². The molecule has 0 saturated heterocycles. The van der Waals surface area contributed by atoms with Crippen LogP contribution >= 0.6 is 15.9 Å². The van der Waals surface area contributed by atoms with Gasteiger partial charge in [0.25, 0.3) is 0 Å². The molecule has 2 amide bonds. The lowest BCUT2D eigenvalue weighted by atomic mass is 10.1. The normalized spacial score (nSPS) is 13.2. The average molecular weight is 399 g/mol. The minimum absolute atomic E-state index is 0.0328. The third-order valence-corrected chi connectivity index (χ3v) is 4.85. The highest BCUT2D eigenvalue weighted by molar-refractivity contribution is 9.09. The molecule has 0 aliphatic rings. The Labute approximate surface area is 150 Å². The van der Waals surface area contributed by atoms with Gasteiger partial charge >= 0.3 is 5.97 Å². The summed E-state index contributed by atoms with van der Waals surface area (Å²) in [7, 11) is 0. The van der Waals surface area contributed by atoms with Gasteiger partial charge in [0.15, 0.2) is 0 Å². The molecular formula is C17H23BrN2O4. The van der Waals surface area contributed by atoms with Crippen molar-refractivity contribution in [1.29, 1.82) is 0 Å². The standard InChI is InChI=1S/C17H23BrN2O4/c1-11(2)13(18)9-15(21)19-10-16(22)20-14(17(23)24)8-12-6-4-3-5-7-12/h3-7,11,13-14H,8-10H2,1-2H3,(H,19,21)(H,20,22)(H,23,24)/t13-,14-/m1/s1. The SMILES string of the molecule is CC(C)[C@H](Br)CC(=O)NCC(=O)N[C@H](Cc1ccccc1)C(=O)O. The van der Waals surface area contributed by atoms with E-state index in [1.807, 2.05) is 32.0 Å². The van der Waals surface area contributed by atoms with Crippen LogP contribution in [0.1, 0.15) is 25.8 Å². The molecule has 132 valence electrons. The molecule has 0 heterocycles. The van der Waals surface area contributed by atoms with Crippen molar-refractivity contribution in [3.8, 4) is 0 Å². The second-order valence-electron chi connectivity index (χ2n) is 5.89. The zero-order valence-corrected chi connectivity index (χ0v) is 15.4. The molecule has 0 aliphatic heterocycles. The van der Waals surface area contributed by atoms with E-state index in [1.165, 1.54) is 0 Å². The highest BCUT2D eigenvalue weighted by Crippen LogP contribution is 2.15. The van der Waals surface area contributed by atoms with Crippen molar-refractivity contribution in [2.24, 2.45) is 5.92 Å². The average Bonchev–Trinajstić information content (AvgIpc) is 2.53. The molecule has 24 heavy (non-hydrogen) atoms. The fraction of sp³-hybridized carbons (Fsp3) is 0.471. The number of rotatable bonds is 9. The summed E-state index contributed by atoms with van der Waals surface area (Å²) in [4.78, 5) is 34.9. The summed E-state index contributed by atoms with van der Waals surface area (Å²) in [6.07, 6.45) is 0.448. The van der Waals surface area contributed by atoms with E-state index in [0.717, 1.165) is 5.56 Å². The first-order chi connectivity index (χ1) is 11.3. The van der Waals surface area contributed by atoms with Crippen LogP contribution < -0.4 is 10.6 Å². The van der Waals surface area contributed by atoms with Gasteiger partial charge in [-0.25, -0.2) is 4.79 Å². The number of carboxylic acid groups (broad SMARTS) is 1. The first-order valence-electron chi connectivity index (χ1n) is 7.76. The summed E-state index contributed by atoms with van der Waals surface area (Å²) >= 11 is 3.41. The monoisotopic (exact) mass is 398 g/mol. The van der Waals surface area contributed by atoms with Gasteiger partial charge in [-0.1, -0.05) is 60.1 Å². The predicted molar refractivity (Wildman–Crippen MR) is 94.9 cm³/mol. The number of carbonyl (C=O) groups excluding carboxylic acids is 2. The van der Waals surface area contributed by atoms with Gasteiger partial charge in [-0.2, -0.15) is 0 Å². The summed E-state index contributed by atoms with van der Waals surface area (Å²) < 4.78 is 0. The van der Waals surface area contributed by atoms with Crippen LogP contribution in [0.4, 0.5) is 0 Å². The molecule has 0 aliphatic carbocycles. The van der Waals surface area contributed by atoms with Crippen LogP contribution in [-0.4, -0.2) is 40.3 Å². The summed E-state index contributed by atoms with van der Waals surface area (Å²) in [6.45, 7) is 3.73. The summed E-state index contributed by atoms with van der Waals surface area (Å²) in [5, 5.41) is 14.2.